The Hall–Kier alpha value is -0.960. The number of hydrogen-bond acceptors (Lipinski definition) is 5. The highest BCUT2D eigenvalue weighted by atomic mass is 35.5. The lowest BCUT2D eigenvalue weighted by molar-refractivity contribution is -0.117. The van der Waals surface area contributed by atoms with Crippen LogP contribution in [0, 0.1) is 0 Å². The van der Waals surface area contributed by atoms with E-state index in [9.17, 15) is 13.2 Å². The maximum absolute atomic E-state index is 12.1. The van der Waals surface area contributed by atoms with Gasteiger partial charge in [0.05, 0.1) is 23.0 Å². The fraction of sp³-hybridized carbons (Fsp3) is 0.417. The predicted molar refractivity (Wildman–Crippen MR) is 87.7 cm³/mol. The maximum Gasteiger partial charge on any atom is 0.242 e. The number of sulfonamides is 1. The molecule has 1 aromatic carbocycles. The molecule has 2 rings (SSSR count). The summed E-state index contributed by atoms with van der Waals surface area (Å²) in [5.41, 5.74) is 0.810. The fourth-order valence-corrected chi connectivity index (χ4v) is 3.63. The average Bonchev–Trinajstić information content (AvgIpc) is 2.41. The Bertz CT molecular complexity index is 631. The summed E-state index contributed by atoms with van der Waals surface area (Å²) in [6.45, 7) is 0.806. The Balaban J connectivity index is 2.04. The van der Waals surface area contributed by atoms with Gasteiger partial charge in [0.2, 0.25) is 15.9 Å². The van der Waals surface area contributed by atoms with Gasteiger partial charge >= 0.3 is 0 Å². The maximum atomic E-state index is 12.1. The van der Waals surface area contributed by atoms with Crippen molar-refractivity contribution in [1.82, 2.24) is 5.32 Å². The number of carbonyl (C=O) groups is 1. The van der Waals surface area contributed by atoms with E-state index in [1.54, 1.807) is 17.8 Å². The van der Waals surface area contributed by atoms with Crippen molar-refractivity contribution < 1.29 is 13.2 Å². The van der Waals surface area contributed by atoms with Gasteiger partial charge in [-0.3, -0.25) is 9.52 Å². The van der Waals surface area contributed by atoms with Crippen molar-refractivity contribution in [2.75, 3.05) is 34.3 Å². The molecule has 1 heterocycles. The first-order valence-electron chi connectivity index (χ1n) is 6.24. The number of rotatable bonds is 4. The van der Waals surface area contributed by atoms with Crippen LogP contribution in [0.1, 0.15) is 0 Å². The molecule has 6 nitrogen and oxygen atoms in total. The van der Waals surface area contributed by atoms with E-state index in [0.717, 1.165) is 24.3 Å². The molecular weight excluding hydrogens is 334 g/mol. The molecule has 1 aromatic rings. The standard InChI is InChI=1S/C12H16ClN3O3S2/c1-21(18,19)16-10-3-2-8(6-9(10)13)15-12(17)11-7-20-5-4-14-11/h2-3,6,11,14,16H,4-5,7H2,1H3,(H,15,17). The molecule has 9 heteroatoms. The van der Waals surface area contributed by atoms with E-state index in [1.807, 2.05) is 0 Å². The number of thioether (sulfide) groups is 1. The Morgan fingerprint density at radius 2 is 2.24 bits per heavy atom. The Labute approximate surface area is 133 Å². The number of anilines is 2. The molecule has 3 N–H and O–H groups in total. The van der Waals surface area contributed by atoms with Crippen molar-refractivity contribution in [3.63, 3.8) is 0 Å². The summed E-state index contributed by atoms with van der Waals surface area (Å²) in [5, 5.41) is 6.13. The molecule has 0 bridgehead atoms. The number of hydrogen-bond donors (Lipinski definition) is 3. The summed E-state index contributed by atoms with van der Waals surface area (Å²) in [4.78, 5) is 12.1. The van der Waals surface area contributed by atoms with E-state index in [2.05, 4.69) is 15.4 Å². The molecular formula is C12H16ClN3O3S2. The quantitative estimate of drug-likeness (QED) is 0.764. The van der Waals surface area contributed by atoms with Gasteiger partial charge in [0.15, 0.2) is 0 Å². The van der Waals surface area contributed by atoms with Crippen LogP contribution in [-0.4, -0.2) is 44.7 Å². The van der Waals surface area contributed by atoms with Gasteiger partial charge in [-0.05, 0) is 18.2 Å². The van der Waals surface area contributed by atoms with E-state index in [1.165, 1.54) is 12.1 Å². The van der Waals surface area contributed by atoms with Gasteiger partial charge in [0.1, 0.15) is 0 Å². The normalized spacial score (nSPS) is 19.0. The lowest BCUT2D eigenvalue weighted by atomic mass is 10.2. The van der Waals surface area contributed by atoms with Gasteiger partial charge in [0, 0.05) is 23.7 Å². The molecule has 1 fully saturated rings. The van der Waals surface area contributed by atoms with E-state index in [4.69, 9.17) is 11.6 Å². The number of halogens is 1. The summed E-state index contributed by atoms with van der Waals surface area (Å²) < 4.78 is 24.6. The second-order valence-corrected chi connectivity index (χ2v) is 7.95. The third-order valence-electron chi connectivity index (χ3n) is 2.77. The Morgan fingerprint density at radius 1 is 1.48 bits per heavy atom. The van der Waals surface area contributed by atoms with Crippen LogP contribution >= 0.6 is 23.4 Å². The summed E-state index contributed by atoms with van der Waals surface area (Å²) in [5.74, 6) is 1.61. The second kappa shape index (κ2) is 6.87. The van der Waals surface area contributed by atoms with Crippen LogP contribution < -0.4 is 15.4 Å². The second-order valence-electron chi connectivity index (χ2n) is 4.64. The molecule has 1 aliphatic heterocycles. The molecule has 0 spiro atoms. The highest BCUT2D eigenvalue weighted by molar-refractivity contribution is 7.99. The zero-order valence-corrected chi connectivity index (χ0v) is 13.7. The van der Waals surface area contributed by atoms with E-state index < -0.39 is 10.0 Å². The van der Waals surface area contributed by atoms with E-state index in [0.29, 0.717) is 5.69 Å². The van der Waals surface area contributed by atoms with Crippen molar-refractivity contribution in [1.29, 1.82) is 0 Å². The Kier molecular flexibility index (Phi) is 5.37. The summed E-state index contributed by atoms with van der Waals surface area (Å²) in [6, 6.07) is 4.41. The molecule has 0 saturated carbocycles. The topological polar surface area (TPSA) is 87.3 Å². The first kappa shape index (κ1) is 16.4. The van der Waals surface area contributed by atoms with E-state index >= 15 is 0 Å². The van der Waals surface area contributed by atoms with Crippen LogP contribution in [0.15, 0.2) is 18.2 Å². The molecule has 1 atom stereocenters. The molecule has 1 unspecified atom stereocenters. The molecule has 1 saturated heterocycles. The van der Waals surface area contributed by atoms with Crippen LogP contribution in [-0.2, 0) is 14.8 Å². The van der Waals surface area contributed by atoms with E-state index in [-0.39, 0.29) is 22.7 Å². The zero-order valence-electron chi connectivity index (χ0n) is 11.3. The molecule has 1 amide bonds. The van der Waals surface area contributed by atoms with Crippen LogP contribution in [0.2, 0.25) is 5.02 Å². The van der Waals surface area contributed by atoms with Gasteiger partial charge in [-0.1, -0.05) is 11.6 Å². The first-order valence-corrected chi connectivity index (χ1v) is 9.67. The SMILES string of the molecule is CS(=O)(=O)Nc1ccc(NC(=O)C2CSCCN2)cc1Cl. The minimum Gasteiger partial charge on any atom is -0.325 e. The largest absolute Gasteiger partial charge is 0.325 e. The Morgan fingerprint density at radius 3 is 2.81 bits per heavy atom. The van der Waals surface area contributed by atoms with Crippen LogP contribution in [0.25, 0.3) is 0 Å². The number of benzene rings is 1. The van der Waals surface area contributed by atoms with Crippen molar-refractivity contribution in [3.05, 3.63) is 23.2 Å². The number of nitrogens with one attached hydrogen (secondary N) is 3. The first-order chi connectivity index (χ1) is 9.85. The number of carbonyl (C=O) groups excluding carboxylic acids is 1. The molecule has 116 valence electrons. The van der Waals surface area contributed by atoms with Gasteiger partial charge in [-0.15, -0.1) is 0 Å². The third-order valence-corrected chi connectivity index (χ3v) is 4.74. The molecule has 0 radical (unpaired) electrons. The summed E-state index contributed by atoms with van der Waals surface area (Å²) in [6.07, 6.45) is 1.05. The smallest absolute Gasteiger partial charge is 0.242 e. The van der Waals surface area contributed by atoms with Crippen molar-refractivity contribution in [3.8, 4) is 0 Å². The van der Waals surface area contributed by atoms with Crippen LogP contribution in [0.5, 0.6) is 0 Å². The minimum absolute atomic E-state index is 0.123. The average molecular weight is 350 g/mol. The zero-order chi connectivity index (χ0) is 15.5. The highest BCUT2D eigenvalue weighted by Gasteiger charge is 2.21. The van der Waals surface area contributed by atoms with Crippen molar-refractivity contribution in [2.24, 2.45) is 0 Å². The summed E-state index contributed by atoms with van der Waals surface area (Å²) in [7, 11) is -3.39. The minimum atomic E-state index is -3.39. The van der Waals surface area contributed by atoms with Crippen molar-refractivity contribution >= 4 is 50.7 Å². The van der Waals surface area contributed by atoms with Gasteiger partial charge in [0.25, 0.3) is 0 Å². The summed E-state index contributed by atoms with van der Waals surface area (Å²) >= 11 is 7.73. The molecule has 1 aliphatic rings. The fourth-order valence-electron chi connectivity index (χ4n) is 1.84. The molecule has 0 aliphatic carbocycles. The molecule has 0 aromatic heterocycles. The van der Waals surface area contributed by atoms with Crippen molar-refractivity contribution in [2.45, 2.75) is 6.04 Å². The monoisotopic (exact) mass is 349 g/mol. The lowest BCUT2D eigenvalue weighted by Gasteiger charge is -2.22. The van der Waals surface area contributed by atoms with Gasteiger partial charge in [-0.25, -0.2) is 8.42 Å². The molecule has 21 heavy (non-hydrogen) atoms. The predicted octanol–water partition coefficient (Wildman–Crippen LogP) is 1.35. The van der Waals surface area contributed by atoms with Gasteiger partial charge in [-0.2, -0.15) is 11.8 Å². The highest BCUT2D eigenvalue weighted by Crippen LogP contribution is 2.26. The van der Waals surface area contributed by atoms with Gasteiger partial charge < -0.3 is 10.6 Å². The van der Waals surface area contributed by atoms with Crippen LogP contribution in [0.4, 0.5) is 11.4 Å². The lowest BCUT2D eigenvalue weighted by Crippen LogP contribution is -2.46. The third kappa shape index (κ3) is 5.06. The van der Waals surface area contributed by atoms with Crippen LogP contribution in [0.3, 0.4) is 0 Å². The number of amides is 1.